The zero-order valence-corrected chi connectivity index (χ0v) is 10.6. The highest BCUT2D eigenvalue weighted by Crippen LogP contribution is 2.61. The van der Waals surface area contributed by atoms with E-state index in [1.54, 1.807) is 6.07 Å². The Balaban J connectivity index is 2.42. The third kappa shape index (κ3) is 1.86. The summed E-state index contributed by atoms with van der Waals surface area (Å²) in [6.45, 7) is 6.23. The maximum Gasteiger partial charge on any atom is 0.260 e. The van der Waals surface area contributed by atoms with Crippen LogP contribution in [0.5, 0.6) is 0 Å². The number of hydrogen-bond donors (Lipinski definition) is 1. The molecule has 1 fully saturated rings. The van der Waals surface area contributed by atoms with Crippen LogP contribution in [-0.2, 0) is 10.8 Å². The van der Waals surface area contributed by atoms with Gasteiger partial charge in [0.15, 0.2) is 0 Å². The van der Waals surface area contributed by atoms with Gasteiger partial charge in [0.2, 0.25) is 0 Å². The lowest BCUT2D eigenvalue weighted by Crippen LogP contribution is -2.27. The molecule has 1 atom stereocenters. The van der Waals surface area contributed by atoms with E-state index >= 15 is 0 Å². The van der Waals surface area contributed by atoms with Gasteiger partial charge in [-0.2, -0.15) is 0 Å². The molecule has 0 saturated heterocycles. The molecule has 0 radical (unpaired) electrons. The number of alkyl halides is 2. The van der Waals surface area contributed by atoms with E-state index in [-0.39, 0.29) is 18.4 Å². The summed E-state index contributed by atoms with van der Waals surface area (Å²) in [5.74, 6) is -2.64. The van der Waals surface area contributed by atoms with Crippen molar-refractivity contribution in [3.8, 4) is 0 Å². The van der Waals surface area contributed by atoms with E-state index < -0.39 is 11.3 Å². The first-order valence-corrected chi connectivity index (χ1v) is 5.92. The standard InChI is InChI=1S/C14H19F2N/c1-12(2,3)10-5-4-6-11(7-10)13(9-17)8-14(13,15)16/h4-7H,8-9,17H2,1-3H3. The fourth-order valence-corrected chi connectivity index (χ4v) is 2.27. The van der Waals surface area contributed by atoms with E-state index in [1.165, 1.54) is 0 Å². The van der Waals surface area contributed by atoms with E-state index in [0.717, 1.165) is 5.56 Å². The molecule has 1 unspecified atom stereocenters. The Bertz CT molecular complexity index is 434. The van der Waals surface area contributed by atoms with Crippen molar-refractivity contribution in [1.29, 1.82) is 0 Å². The first kappa shape index (κ1) is 12.5. The van der Waals surface area contributed by atoms with Gasteiger partial charge in [-0.05, 0) is 16.5 Å². The van der Waals surface area contributed by atoms with Crippen molar-refractivity contribution >= 4 is 0 Å². The van der Waals surface area contributed by atoms with Crippen LogP contribution in [0.15, 0.2) is 24.3 Å². The molecule has 2 N–H and O–H groups in total. The van der Waals surface area contributed by atoms with Gasteiger partial charge >= 0.3 is 0 Å². The highest BCUT2D eigenvalue weighted by molar-refractivity contribution is 5.42. The largest absolute Gasteiger partial charge is 0.329 e. The summed E-state index contributed by atoms with van der Waals surface area (Å²) in [6.07, 6.45) is -0.121. The van der Waals surface area contributed by atoms with Crippen LogP contribution in [0, 0.1) is 0 Å². The lowest BCUT2D eigenvalue weighted by atomic mass is 9.83. The van der Waals surface area contributed by atoms with Gasteiger partial charge in [-0.25, -0.2) is 8.78 Å². The first-order chi connectivity index (χ1) is 7.73. The molecule has 0 spiro atoms. The van der Waals surface area contributed by atoms with Crippen molar-refractivity contribution in [1.82, 2.24) is 0 Å². The fourth-order valence-electron chi connectivity index (χ4n) is 2.27. The van der Waals surface area contributed by atoms with Gasteiger partial charge in [0.05, 0.1) is 5.41 Å². The summed E-state index contributed by atoms with van der Waals surface area (Å²) in [6, 6.07) is 7.48. The molecular weight excluding hydrogens is 220 g/mol. The van der Waals surface area contributed by atoms with Crippen molar-refractivity contribution in [3.05, 3.63) is 35.4 Å². The van der Waals surface area contributed by atoms with E-state index in [0.29, 0.717) is 5.56 Å². The van der Waals surface area contributed by atoms with E-state index in [9.17, 15) is 8.78 Å². The minimum atomic E-state index is -2.64. The van der Waals surface area contributed by atoms with Crippen LogP contribution in [0.4, 0.5) is 8.78 Å². The molecule has 1 nitrogen and oxygen atoms in total. The van der Waals surface area contributed by atoms with E-state index in [4.69, 9.17) is 5.73 Å². The van der Waals surface area contributed by atoms with Gasteiger partial charge in [-0.1, -0.05) is 45.0 Å². The van der Waals surface area contributed by atoms with E-state index in [2.05, 4.69) is 20.8 Å². The van der Waals surface area contributed by atoms with Crippen LogP contribution < -0.4 is 5.73 Å². The van der Waals surface area contributed by atoms with Crippen LogP contribution in [0.25, 0.3) is 0 Å². The monoisotopic (exact) mass is 239 g/mol. The number of nitrogens with two attached hydrogens (primary N) is 1. The fraction of sp³-hybridized carbons (Fsp3) is 0.571. The van der Waals surface area contributed by atoms with Gasteiger partial charge in [0.1, 0.15) is 0 Å². The summed E-state index contributed by atoms with van der Waals surface area (Å²) in [5.41, 5.74) is 6.16. The Hall–Kier alpha value is -0.960. The molecule has 0 heterocycles. The van der Waals surface area contributed by atoms with Crippen molar-refractivity contribution < 1.29 is 8.78 Å². The van der Waals surface area contributed by atoms with Gasteiger partial charge in [-0.15, -0.1) is 0 Å². The zero-order chi connectivity index (χ0) is 12.9. The van der Waals surface area contributed by atoms with Crippen LogP contribution >= 0.6 is 0 Å². The van der Waals surface area contributed by atoms with Crippen molar-refractivity contribution in [3.63, 3.8) is 0 Å². The normalized spacial score (nSPS) is 26.9. The highest BCUT2D eigenvalue weighted by atomic mass is 19.3. The number of benzene rings is 1. The topological polar surface area (TPSA) is 26.0 Å². The lowest BCUT2D eigenvalue weighted by molar-refractivity contribution is 0.0896. The molecule has 3 heteroatoms. The maximum atomic E-state index is 13.5. The molecule has 1 aliphatic rings. The van der Waals surface area contributed by atoms with Crippen LogP contribution in [0.1, 0.15) is 38.3 Å². The second kappa shape index (κ2) is 3.52. The van der Waals surface area contributed by atoms with E-state index in [1.807, 2.05) is 18.2 Å². The van der Waals surface area contributed by atoms with Crippen LogP contribution in [0.2, 0.25) is 0 Å². The Morgan fingerprint density at radius 1 is 1.29 bits per heavy atom. The third-order valence-electron chi connectivity index (χ3n) is 3.73. The number of halogens is 2. The lowest BCUT2D eigenvalue weighted by Gasteiger charge is -2.22. The average Bonchev–Trinajstić information content (AvgIpc) is 2.81. The van der Waals surface area contributed by atoms with Crippen molar-refractivity contribution in [2.24, 2.45) is 5.73 Å². The molecule has 2 rings (SSSR count). The first-order valence-electron chi connectivity index (χ1n) is 5.92. The quantitative estimate of drug-likeness (QED) is 0.842. The van der Waals surface area contributed by atoms with Gasteiger partial charge in [0, 0.05) is 13.0 Å². The predicted octanol–water partition coefficient (Wildman–Crippen LogP) is 3.22. The number of hydrogen-bond acceptors (Lipinski definition) is 1. The summed E-state index contributed by atoms with van der Waals surface area (Å²) in [4.78, 5) is 0. The molecule has 0 aromatic heterocycles. The molecule has 1 saturated carbocycles. The summed E-state index contributed by atoms with van der Waals surface area (Å²) >= 11 is 0. The second-order valence-electron chi connectivity index (χ2n) is 6.00. The molecule has 1 aromatic carbocycles. The summed E-state index contributed by atoms with van der Waals surface area (Å²) < 4.78 is 27.0. The molecule has 17 heavy (non-hydrogen) atoms. The molecule has 1 aromatic rings. The Morgan fingerprint density at radius 3 is 2.29 bits per heavy atom. The van der Waals surface area contributed by atoms with Gasteiger partial charge in [0.25, 0.3) is 5.92 Å². The smallest absolute Gasteiger partial charge is 0.260 e. The zero-order valence-electron chi connectivity index (χ0n) is 10.6. The molecule has 94 valence electrons. The molecule has 0 aliphatic heterocycles. The highest BCUT2D eigenvalue weighted by Gasteiger charge is 2.71. The minimum Gasteiger partial charge on any atom is -0.329 e. The Kier molecular flexibility index (Phi) is 2.58. The van der Waals surface area contributed by atoms with Crippen LogP contribution in [0.3, 0.4) is 0 Å². The Labute approximate surface area is 101 Å². The van der Waals surface area contributed by atoms with Crippen molar-refractivity contribution in [2.45, 2.75) is 43.9 Å². The average molecular weight is 239 g/mol. The third-order valence-corrected chi connectivity index (χ3v) is 3.73. The molecule has 0 bridgehead atoms. The maximum absolute atomic E-state index is 13.5. The van der Waals surface area contributed by atoms with Gasteiger partial charge in [-0.3, -0.25) is 0 Å². The SMILES string of the molecule is CC(C)(C)c1cccc(C2(CN)CC2(F)F)c1. The van der Waals surface area contributed by atoms with Crippen molar-refractivity contribution in [2.75, 3.05) is 6.54 Å². The second-order valence-corrected chi connectivity index (χ2v) is 6.00. The number of rotatable bonds is 2. The molecule has 0 amide bonds. The Morgan fingerprint density at radius 2 is 1.88 bits per heavy atom. The minimum absolute atomic E-state index is 0.00754. The van der Waals surface area contributed by atoms with Crippen LogP contribution in [-0.4, -0.2) is 12.5 Å². The summed E-state index contributed by atoms with van der Waals surface area (Å²) in [7, 11) is 0. The predicted molar refractivity (Wildman–Crippen MR) is 65.4 cm³/mol. The summed E-state index contributed by atoms with van der Waals surface area (Å²) in [5, 5.41) is 0. The molecule has 1 aliphatic carbocycles. The van der Waals surface area contributed by atoms with Gasteiger partial charge < -0.3 is 5.73 Å². The molecular formula is C14H19F2N.